The Morgan fingerprint density at radius 2 is 2.31 bits per heavy atom. The van der Waals surface area contributed by atoms with E-state index in [0.717, 1.165) is 32.6 Å². The van der Waals surface area contributed by atoms with E-state index in [1.54, 1.807) is 6.07 Å². The van der Waals surface area contributed by atoms with Crippen LogP contribution < -0.4 is 5.73 Å². The van der Waals surface area contributed by atoms with Crippen molar-refractivity contribution >= 4 is 34.2 Å². The number of benzene rings is 1. The van der Waals surface area contributed by atoms with E-state index in [2.05, 4.69) is 22.6 Å². The van der Waals surface area contributed by atoms with Gasteiger partial charge in [0.15, 0.2) is 0 Å². The molecule has 0 amide bonds. The van der Waals surface area contributed by atoms with Gasteiger partial charge < -0.3 is 10.8 Å². The molecule has 0 aliphatic heterocycles. The van der Waals surface area contributed by atoms with Crippen LogP contribution in [0.3, 0.4) is 0 Å². The summed E-state index contributed by atoms with van der Waals surface area (Å²) in [7, 11) is 0. The Morgan fingerprint density at radius 3 is 3.00 bits per heavy atom. The van der Waals surface area contributed by atoms with Crippen molar-refractivity contribution in [2.45, 2.75) is 18.9 Å². The predicted molar refractivity (Wildman–Crippen MR) is 61.1 cm³/mol. The van der Waals surface area contributed by atoms with Crippen molar-refractivity contribution < 1.29 is 5.11 Å². The first-order valence-electron chi connectivity index (χ1n) is 4.06. The minimum atomic E-state index is -0.0535. The molecule has 2 rings (SSSR count). The third-order valence-electron chi connectivity index (χ3n) is 2.42. The van der Waals surface area contributed by atoms with Crippen molar-refractivity contribution in [1.82, 2.24) is 0 Å². The highest BCUT2D eigenvalue weighted by atomic mass is 127. The topological polar surface area (TPSA) is 46.2 Å². The molecule has 0 radical (unpaired) electrons. The van der Waals surface area contributed by atoms with E-state index in [1.807, 2.05) is 0 Å². The smallest absolute Gasteiger partial charge is 0.134 e. The Morgan fingerprint density at radius 1 is 1.62 bits per heavy atom. The van der Waals surface area contributed by atoms with E-state index in [-0.39, 0.29) is 6.04 Å². The van der Waals surface area contributed by atoms with Gasteiger partial charge >= 0.3 is 0 Å². The number of rotatable bonds is 0. The summed E-state index contributed by atoms with van der Waals surface area (Å²) in [5.41, 5.74) is 7.73. The molecule has 0 bridgehead atoms. The summed E-state index contributed by atoms with van der Waals surface area (Å²) in [5, 5.41) is 10.5. The van der Waals surface area contributed by atoms with Crippen molar-refractivity contribution in [3.05, 3.63) is 25.8 Å². The highest BCUT2D eigenvalue weighted by Crippen LogP contribution is 2.42. The van der Waals surface area contributed by atoms with E-state index in [9.17, 15) is 5.11 Å². The van der Waals surface area contributed by atoms with Crippen LogP contribution in [-0.2, 0) is 6.42 Å². The van der Waals surface area contributed by atoms with Gasteiger partial charge in [-0.15, -0.1) is 0 Å². The quantitative estimate of drug-likeness (QED) is 0.724. The van der Waals surface area contributed by atoms with Gasteiger partial charge in [0.05, 0.1) is 3.57 Å². The summed E-state index contributed by atoms with van der Waals surface area (Å²) >= 11 is 8.10. The van der Waals surface area contributed by atoms with Crippen LogP contribution in [0.5, 0.6) is 5.75 Å². The first kappa shape index (κ1) is 9.55. The Bertz CT molecular complexity index is 367. The molecule has 13 heavy (non-hydrogen) atoms. The standard InChI is InChI=1S/C9H9ClINO/c10-5-3-6(11)9(13)8-4(5)1-2-7(8)12/h3,7,13H,1-2,12H2. The van der Waals surface area contributed by atoms with Gasteiger partial charge in [-0.3, -0.25) is 0 Å². The van der Waals surface area contributed by atoms with Gasteiger partial charge in [0.25, 0.3) is 0 Å². The number of hydrogen-bond donors (Lipinski definition) is 2. The van der Waals surface area contributed by atoms with Crippen molar-refractivity contribution in [2.75, 3.05) is 0 Å². The van der Waals surface area contributed by atoms with E-state index in [0.29, 0.717) is 5.75 Å². The summed E-state index contributed by atoms with van der Waals surface area (Å²) < 4.78 is 0.777. The average molecular weight is 310 g/mol. The fraction of sp³-hybridized carbons (Fsp3) is 0.333. The molecule has 4 heteroatoms. The Balaban J connectivity index is 2.70. The largest absolute Gasteiger partial charge is 0.506 e. The summed E-state index contributed by atoms with van der Waals surface area (Å²) in [5.74, 6) is 0.310. The van der Waals surface area contributed by atoms with Crippen molar-refractivity contribution in [3.63, 3.8) is 0 Å². The van der Waals surface area contributed by atoms with Crippen LogP contribution in [0, 0.1) is 3.57 Å². The fourth-order valence-corrected chi connectivity index (χ4v) is 2.86. The lowest BCUT2D eigenvalue weighted by atomic mass is 10.1. The van der Waals surface area contributed by atoms with E-state index in [4.69, 9.17) is 17.3 Å². The molecule has 3 N–H and O–H groups in total. The van der Waals surface area contributed by atoms with Crippen LogP contribution in [0.2, 0.25) is 5.02 Å². The molecule has 0 fully saturated rings. The summed E-state index contributed by atoms with van der Waals surface area (Å²) in [6.45, 7) is 0. The molecule has 1 aromatic carbocycles. The first-order valence-corrected chi connectivity index (χ1v) is 5.52. The summed E-state index contributed by atoms with van der Waals surface area (Å²) in [4.78, 5) is 0. The maximum Gasteiger partial charge on any atom is 0.134 e. The molecule has 70 valence electrons. The lowest BCUT2D eigenvalue weighted by molar-refractivity contribution is 0.460. The molecule has 0 saturated carbocycles. The average Bonchev–Trinajstić information content (AvgIpc) is 2.44. The second-order valence-corrected chi connectivity index (χ2v) is 4.80. The predicted octanol–water partition coefficient (Wildman–Crippen LogP) is 2.60. The molecule has 1 aliphatic rings. The Kier molecular flexibility index (Phi) is 2.42. The van der Waals surface area contributed by atoms with E-state index >= 15 is 0 Å². The van der Waals surface area contributed by atoms with Crippen molar-refractivity contribution in [2.24, 2.45) is 5.73 Å². The van der Waals surface area contributed by atoms with Gasteiger partial charge in [0.2, 0.25) is 0 Å². The lowest BCUT2D eigenvalue weighted by Gasteiger charge is -2.10. The molecule has 2 nitrogen and oxygen atoms in total. The van der Waals surface area contributed by atoms with Crippen LogP contribution in [0.25, 0.3) is 0 Å². The monoisotopic (exact) mass is 309 g/mol. The number of hydrogen-bond acceptors (Lipinski definition) is 2. The minimum absolute atomic E-state index is 0.0535. The number of phenolic OH excluding ortho intramolecular Hbond substituents is 1. The van der Waals surface area contributed by atoms with Crippen LogP contribution >= 0.6 is 34.2 Å². The van der Waals surface area contributed by atoms with Gasteiger partial charge in [0.1, 0.15) is 5.75 Å². The zero-order valence-corrected chi connectivity index (χ0v) is 9.76. The molecular weight excluding hydrogens is 300 g/mol. The maximum absolute atomic E-state index is 9.77. The second kappa shape index (κ2) is 3.29. The van der Waals surface area contributed by atoms with E-state index < -0.39 is 0 Å². The molecule has 0 spiro atoms. The van der Waals surface area contributed by atoms with Crippen molar-refractivity contribution in [3.8, 4) is 5.75 Å². The maximum atomic E-state index is 9.77. The number of halogens is 2. The molecule has 0 heterocycles. The zero-order valence-electron chi connectivity index (χ0n) is 6.85. The molecule has 1 aromatic rings. The third-order valence-corrected chi connectivity index (χ3v) is 3.58. The van der Waals surface area contributed by atoms with Gasteiger partial charge in [-0.05, 0) is 47.1 Å². The second-order valence-electron chi connectivity index (χ2n) is 3.23. The first-order chi connectivity index (χ1) is 6.11. The van der Waals surface area contributed by atoms with Gasteiger partial charge in [-0.2, -0.15) is 0 Å². The molecule has 1 aliphatic carbocycles. The normalized spacial score (nSPS) is 20.4. The van der Waals surface area contributed by atoms with Gasteiger partial charge in [-0.1, -0.05) is 11.6 Å². The fourth-order valence-electron chi connectivity index (χ4n) is 1.76. The van der Waals surface area contributed by atoms with Crippen LogP contribution in [0.15, 0.2) is 6.07 Å². The number of aromatic hydroxyl groups is 1. The van der Waals surface area contributed by atoms with Gasteiger partial charge in [0, 0.05) is 16.6 Å². The minimum Gasteiger partial charge on any atom is -0.506 e. The zero-order chi connectivity index (χ0) is 9.59. The molecular formula is C9H9ClINO. The molecule has 1 unspecified atom stereocenters. The van der Waals surface area contributed by atoms with E-state index in [1.165, 1.54) is 0 Å². The third kappa shape index (κ3) is 1.43. The van der Waals surface area contributed by atoms with Gasteiger partial charge in [-0.25, -0.2) is 0 Å². The highest BCUT2D eigenvalue weighted by molar-refractivity contribution is 14.1. The SMILES string of the molecule is NC1CCc2c(Cl)cc(I)c(O)c21. The molecule has 1 atom stereocenters. The number of nitrogens with two attached hydrogens (primary N) is 1. The number of fused-ring (bicyclic) bond motifs is 1. The van der Waals surface area contributed by atoms with Crippen LogP contribution in [0.1, 0.15) is 23.6 Å². The lowest BCUT2D eigenvalue weighted by Crippen LogP contribution is -2.06. The van der Waals surface area contributed by atoms with Crippen LogP contribution in [0.4, 0.5) is 0 Å². The summed E-state index contributed by atoms with van der Waals surface area (Å²) in [6.07, 6.45) is 1.75. The highest BCUT2D eigenvalue weighted by Gasteiger charge is 2.26. The Labute approximate surface area is 95.2 Å². The number of phenols is 1. The Hall–Kier alpha value is -0.000000000000000111. The van der Waals surface area contributed by atoms with Crippen molar-refractivity contribution in [1.29, 1.82) is 0 Å². The van der Waals surface area contributed by atoms with Crippen LogP contribution in [-0.4, -0.2) is 5.11 Å². The molecule has 0 saturated heterocycles. The summed E-state index contributed by atoms with van der Waals surface area (Å²) in [6, 6.07) is 1.73. The molecule has 0 aromatic heterocycles.